The molecule has 0 spiro atoms. The average Bonchev–Trinajstić information content (AvgIpc) is 3.47. The van der Waals surface area contributed by atoms with E-state index in [-0.39, 0.29) is 9.99 Å². The highest BCUT2D eigenvalue weighted by Gasteiger charge is 2.39. The number of thiophene rings is 1. The van der Waals surface area contributed by atoms with Gasteiger partial charge in [-0.25, -0.2) is 8.42 Å². The molecule has 1 aliphatic rings. The van der Waals surface area contributed by atoms with E-state index in [4.69, 9.17) is 27.9 Å². The number of hydrogen-bond acceptors (Lipinski definition) is 5. The number of sulfonamides is 1. The zero-order valence-corrected chi connectivity index (χ0v) is 20.9. The zero-order chi connectivity index (χ0) is 23.4. The standard InChI is InChI=1S/C24H23Cl2NO4S2/c25-19-3-1-4-20(15-19)31-16-18-8-6-17(7-9-18)10-11-22(28)21-5-2-14-27(21)33(29,30)24-13-12-23(26)32-24/h1,3-4,6-9,12-13,15,21H,2,5,10-11,14,16H2/t21-/m0/s1. The first-order valence-corrected chi connectivity index (χ1v) is 13.6. The predicted molar refractivity (Wildman–Crippen MR) is 132 cm³/mol. The molecule has 33 heavy (non-hydrogen) atoms. The van der Waals surface area contributed by atoms with E-state index in [0.717, 1.165) is 22.5 Å². The highest BCUT2D eigenvalue weighted by atomic mass is 35.5. The fourth-order valence-electron chi connectivity index (χ4n) is 3.86. The Hall–Kier alpha value is -1.90. The molecule has 0 radical (unpaired) electrons. The molecule has 174 valence electrons. The number of carbonyl (C=O) groups is 1. The summed E-state index contributed by atoms with van der Waals surface area (Å²) in [6.45, 7) is 0.775. The maximum atomic E-state index is 13.0. The van der Waals surface area contributed by atoms with E-state index in [1.807, 2.05) is 36.4 Å². The molecule has 1 saturated heterocycles. The summed E-state index contributed by atoms with van der Waals surface area (Å²) in [4.78, 5) is 12.9. The monoisotopic (exact) mass is 523 g/mol. The molecule has 0 unspecified atom stereocenters. The summed E-state index contributed by atoms with van der Waals surface area (Å²) in [5.41, 5.74) is 2.03. The number of rotatable bonds is 9. The van der Waals surface area contributed by atoms with Gasteiger partial charge in [-0.1, -0.05) is 53.5 Å². The van der Waals surface area contributed by atoms with E-state index in [9.17, 15) is 13.2 Å². The van der Waals surface area contributed by atoms with E-state index in [0.29, 0.717) is 53.9 Å². The van der Waals surface area contributed by atoms with Gasteiger partial charge in [0.15, 0.2) is 5.78 Å². The third-order valence-corrected chi connectivity index (χ3v) is 9.41. The Labute approximate surface area is 208 Å². The first kappa shape index (κ1) is 24.2. The van der Waals surface area contributed by atoms with Crippen LogP contribution < -0.4 is 4.74 Å². The van der Waals surface area contributed by atoms with Crippen LogP contribution in [0.5, 0.6) is 5.75 Å². The predicted octanol–water partition coefficient (Wildman–Crippen LogP) is 5.99. The molecule has 1 fully saturated rings. The second-order valence-electron chi connectivity index (χ2n) is 7.86. The number of Topliss-reactive ketones (excluding diaryl/α,β-unsaturated/α-hetero) is 1. The maximum absolute atomic E-state index is 13.0. The molecule has 0 amide bonds. The van der Waals surface area contributed by atoms with E-state index in [1.54, 1.807) is 18.2 Å². The number of benzene rings is 2. The van der Waals surface area contributed by atoms with Crippen molar-refractivity contribution in [3.63, 3.8) is 0 Å². The molecular weight excluding hydrogens is 501 g/mol. The van der Waals surface area contributed by atoms with Gasteiger partial charge in [0.25, 0.3) is 10.0 Å². The van der Waals surface area contributed by atoms with Crippen molar-refractivity contribution in [2.24, 2.45) is 0 Å². The van der Waals surface area contributed by atoms with Crippen molar-refractivity contribution in [1.29, 1.82) is 0 Å². The van der Waals surface area contributed by atoms with Gasteiger partial charge in [-0.3, -0.25) is 4.79 Å². The van der Waals surface area contributed by atoms with E-state index >= 15 is 0 Å². The summed E-state index contributed by atoms with van der Waals surface area (Å²) in [7, 11) is -3.71. The minimum atomic E-state index is -3.71. The lowest BCUT2D eigenvalue weighted by Crippen LogP contribution is -2.40. The molecule has 2 heterocycles. The number of nitrogens with zero attached hydrogens (tertiary/aromatic N) is 1. The van der Waals surface area contributed by atoms with Crippen LogP contribution in [-0.2, 0) is 27.8 Å². The summed E-state index contributed by atoms with van der Waals surface area (Å²) in [6, 6.07) is 17.6. The van der Waals surface area contributed by atoms with Crippen LogP contribution in [-0.4, -0.2) is 31.1 Å². The summed E-state index contributed by atoms with van der Waals surface area (Å²) in [5.74, 6) is 0.658. The minimum Gasteiger partial charge on any atom is -0.489 e. The Bertz CT molecular complexity index is 1230. The van der Waals surface area contributed by atoms with Gasteiger partial charge in [0.1, 0.15) is 16.6 Å². The van der Waals surface area contributed by atoms with Crippen LogP contribution in [0.3, 0.4) is 0 Å². The minimum absolute atomic E-state index is 0.0490. The molecule has 0 saturated carbocycles. The van der Waals surface area contributed by atoms with Gasteiger partial charge in [0, 0.05) is 18.0 Å². The third kappa shape index (κ3) is 5.97. The van der Waals surface area contributed by atoms with Crippen LogP contribution in [0, 0.1) is 0 Å². The Morgan fingerprint density at radius 3 is 2.52 bits per heavy atom. The van der Waals surface area contributed by atoms with Crippen molar-refractivity contribution in [2.75, 3.05) is 6.54 Å². The second-order valence-corrected chi connectivity index (χ2v) is 12.1. The normalized spacial score (nSPS) is 16.7. The Morgan fingerprint density at radius 1 is 1.06 bits per heavy atom. The number of carbonyl (C=O) groups excluding carboxylic acids is 1. The van der Waals surface area contributed by atoms with Crippen LogP contribution in [0.4, 0.5) is 0 Å². The van der Waals surface area contributed by atoms with Crippen molar-refractivity contribution in [2.45, 2.75) is 42.5 Å². The lowest BCUT2D eigenvalue weighted by Gasteiger charge is -2.22. The lowest BCUT2D eigenvalue weighted by atomic mass is 10.0. The molecular formula is C24H23Cl2NO4S2. The quantitative estimate of drug-likeness (QED) is 0.345. The molecule has 1 aliphatic heterocycles. The molecule has 5 nitrogen and oxygen atoms in total. The Kier molecular flexibility index (Phi) is 7.76. The maximum Gasteiger partial charge on any atom is 0.253 e. The average molecular weight is 524 g/mol. The van der Waals surface area contributed by atoms with Gasteiger partial charge in [0.2, 0.25) is 0 Å². The van der Waals surface area contributed by atoms with Crippen molar-refractivity contribution >= 4 is 50.3 Å². The molecule has 0 bridgehead atoms. The SMILES string of the molecule is O=C(CCc1ccc(COc2cccc(Cl)c2)cc1)[C@@H]1CCCN1S(=O)(=O)c1ccc(Cl)s1. The molecule has 0 N–H and O–H groups in total. The molecule has 4 rings (SSSR count). The number of ether oxygens (including phenoxy) is 1. The van der Waals surface area contributed by atoms with Gasteiger partial charge in [-0.2, -0.15) is 4.31 Å². The number of hydrogen-bond donors (Lipinski definition) is 0. The molecule has 9 heteroatoms. The summed E-state index contributed by atoms with van der Waals surface area (Å²) in [5, 5.41) is 0.625. The van der Waals surface area contributed by atoms with E-state index in [1.165, 1.54) is 10.4 Å². The molecule has 1 atom stereocenters. The van der Waals surface area contributed by atoms with Crippen LogP contribution in [0.15, 0.2) is 64.9 Å². The Morgan fingerprint density at radius 2 is 1.82 bits per heavy atom. The topological polar surface area (TPSA) is 63.7 Å². The lowest BCUT2D eigenvalue weighted by molar-refractivity contribution is -0.122. The highest BCUT2D eigenvalue weighted by Crippen LogP contribution is 2.33. The third-order valence-electron chi connectivity index (χ3n) is 5.57. The fraction of sp³-hybridized carbons (Fsp3) is 0.292. The molecule has 2 aromatic carbocycles. The first-order valence-electron chi connectivity index (χ1n) is 10.6. The van der Waals surface area contributed by atoms with Crippen LogP contribution in [0.2, 0.25) is 9.36 Å². The van der Waals surface area contributed by atoms with Crippen LogP contribution in [0.25, 0.3) is 0 Å². The Balaban J connectivity index is 1.32. The van der Waals surface area contributed by atoms with Crippen molar-refractivity contribution in [3.8, 4) is 5.75 Å². The van der Waals surface area contributed by atoms with Crippen molar-refractivity contribution < 1.29 is 17.9 Å². The van der Waals surface area contributed by atoms with Gasteiger partial charge in [0.05, 0.1) is 10.4 Å². The van der Waals surface area contributed by atoms with Gasteiger partial charge in [-0.05, 0) is 60.7 Å². The van der Waals surface area contributed by atoms with E-state index in [2.05, 4.69) is 0 Å². The summed E-state index contributed by atoms with van der Waals surface area (Å²) >= 11 is 12.9. The van der Waals surface area contributed by atoms with Crippen LogP contribution in [0.1, 0.15) is 30.4 Å². The highest BCUT2D eigenvalue weighted by molar-refractivity contribution is 7.91. The number of aryl methyl sites for hydroxylation is 1. The van der Waals surface area contributed by atoms with Gasteiger partial charge in [-0.15, -0.1) is 11.3 Å². The van der Waals surface area contributed by atoms with Crippen LogP contribution >= 0.6 is 34.5 Å². The molecule has 0 aliphatic carbocycles. The number of halogens is 2. The smallest absolute Gasteiger partial charge is 0.253 e. The van der Waals surface area contributed by atoms with Gasteiger partial charge < -0.3 is 4.74 Å². The summed E-state index contributed by atoms with van der Waals surface area (Å²) in [6.07, 6.45) is 2.08. The van der Waals surface area contributed by atoms with E-state index < -0.39 is 16.1 Å². The summed E-state index contributed by atoms with van der Waals surface area (Å²) < 4.78 is 33.6. The van der Waals surface area contributed by atoms with Gasteiger partial charge >= 0.3 is 0 Å². The number of ketones is 1. The van der Waals surface area contributed by atoms with Crippen molar-refractivity contribution in [3.05, 3.63) is 81.1 Å². The first-order chi connectivity index (χ1) is 15.8. The fourth-order valence-corrected chi connectivity index (χ4v) is 7.33. The van der Waals surface area contributed by atoms with Crippen molar-refractivity contribution in [1.82, 2.24) is 4.31 Å². The second kappa shape index (κ2) is 10.6. The zero-order valence-electron chi connectivity index (χ0n) is 17.7. The molecule has 1 aromatic heterocycles. The largest absolute Gasteiger partial charge is 0.489 e. The molecule has 3 aromatic rings.